The molecule has 1 atom stereocenters. The number of carbonyl (C=O) groups excluding carboxylic acids is 1. The number of rotatable bonds is 3. The van der Waals surface area contributed by atoms with Crippen LogP contribution in [0.4, 0.5) is 0 Å². The molecule has 1 heterocycles. The van der Waals surface area contributed by atoms with Gasteiger partial charge in [-0.05, 0) is 24.7 Å². The van der Waals surface area contributed by atoms with E-state index >= 15 is 0 Å². The zero-order valence-electron chi connectivity index (χ0n) is 12.1. The Hall–Kier alpha value is -1.10. The van der Waals surface area contributed by atoms with Gasteiger partial charge in [-0.2, -0.15) is 0 Å². The first-order valence-corrected chi connectivity index (χ1v) is 7.33. The Morgan fingerprint density at radius 3 is 2.90 bits per heavy atom. The Morgan fingerprint density at radius 2 is 2.20 bits per heavy atom. The highest BCUT2D eigenvalue weighted by molar-refractivity contribution is 6.30. The lowest BCUT2D eigenvalue weighted by atomic mass is 10.1. The fourth-order valence-electron chi connectivity index (χ4n) is 2.65. The molecule has 0 saturated carbocycles. The Morgan fingerprint density at radius 1 is 1.40 bits per heavy atom. The summed E-state index contributed by atoms with van der Waals surface area (Å²) in [5.74, 6) is 0.140. The van der Waals surface area contributed by atoms with Gasteiger partial charge in [-0.25, -0.2) is 0 Å². The first-order valence-electron chi connectivity index (χ1n) is 6.95. The highest BCUT2D eigenvalue weighted by Gasteiger charge is 2.25. The van der Waals surface area contributed by atoms with E-state index < -0.39 is 0 Å². The fraction of sp³-hybridized carbons (Fsp3) is 0.533. The minimum Gasteiger partial charge on any atom is -0.359 e. The van der Waals surface area contributed by atoms with Crippen LogP contribution in [0.1, 0.15) is 5.56 Å². The van der Waals surface area contributed by atoms with Crippen LogP contribution in [0, 0.1) is 5.92 Å². The molecule has 0 aliphatic carbocycles. The molecule has 1 fully saturated rings. The number of benzene rings is 1. The Balaban J connectivity index is 2.04. The van der Waals surface area contributed by atoms with Gasteiger partial charge in [-0.3, -0.25) is 9.69 Å². The molecule has 1 unspecified atom stereocenters. The summed E-state index contributed by atoms with van der Waals surface area (Å²) in [5, 5.41) is 3.52. The van der Waals surface area contributed by atoms with Crippen molar-refractivity contribution in [3.05, 3.63) is 34.9 Å². The molecule has 1 amide bonds. The summed E-state index contributed by atoms with van der Waals surface area (Å²) in [6.45, 7) is 4.38. The first kappa shape index (κ1) is 15.3. The monoisotopic (exact) mass is 295 g/mol. The van der Waals surface area contributed by atoms with E-state index in [0.29, 0.717) is 0 Å². The molecular weight excluding hydrogens is 274 g/mol. The molecule has 1 aromatic carbocycles. The van der Waals surface area contributed by atoms with Crippen molar-refractivity contribution < 1.29 is 4.79 Å². The van der Waals surface area contributed by atoms with Crippen LogP contribution in [0.25, 0.3) is 0 Å². The molecule has 1 N–H and O–H groups in total. The van der Waals surface area contributed by atoms with Gasteiger partial charge < -0.3 is 10.2 Å². The van der Waals surface area contributed by atoms with Gasteiger partial charge in [0.15, 0.2) is 0 Å². The molecule has 5 heteroatoms. The van der Waals surface area contributed by atoms with Crippen LogP contribution in [-0.4, -0.2) is 56.0 Å². The molecule has 0 bridgehead atoms. The molecule has 1 aliphatic rings. The van der Waals surface area contributed by atoms with Crippen LogP contribution < -0.4 is 5.32 Å². The number of nitrogens with one attached hydrogen (secondary N) is 1. The summed E-state index contributed by atoms with van der Waals surface area (Å²) < 4.78 is 0. The lowest BCUT2D eigenvalue weighted by Crippen LogP contribution is -2.39. The van der Waals surface area contributed by atoms with Crippen molar-refractivity contribution in [3.8, 4) is 0 Å². The quantitative estimate of drug-likeness (QED) is 0.917. The third-order valence-electron chi connectivity index (χ3n) is 3.72. The minimum absolute atomic E-state index is 0.0201. The highest BCUT2D eigenvalue weighted by Crippen LogP contribution is 2.15. The van der Waals surface area contributed by atoms with Crippen LogP contribution in [0.2, 0.25) is 5.02 Å². The Labute approximate surface area is 125 Å². The zero-order chi connectivity index (χ0) is 14.5. The largest absolute Gasteiger partial charge is 0.359 e. The Kier molecular flexibility index (Phi) is 5.40. The molecule has 0 aromatic heterocycles. The van der Waals surface area contributed by atoms with Gasteiger partial charge >= 0.3 is 0 Å². The maximum absolute atomic E-state index is 11.9. The number of likely N-dealkylation sites (N-methyl/N-ethyl adjacent to an activating group) is 1. The zero-order valence-corrected chi connectivity index (χ0v) is 12.9. The summed E-state index contributed by atoms with van der Waals surface area (Å²) in [6, 6.07) is 7.92. The van der Waals surface area contributed by atoms with Gasteiger partial charge in [0.05, 0.1) is 5.92 Å². The molecule has 0 radical (unpaired) electrons. The first-order chi connectivity index (χ1) is 9.58. The molecule has 1 aliphatic heterocycles. The summed E-state index contributed by atoms with van der Waals surface area (Å²) >= 11 is 6.03. The summed E-state index contributed by atoms with van der Waals surface area (Å²) in [5.41, 5.74) is 1.19. The number of amides is 1. The second kappa shape index (κ2) is 7.07. The van der Waals surface area contributed by atoms with Gasteiger partial charge in [0.25, 0.3) is 0 Å². The number of hydrogen-bond donors (Lipinski definition) is 1. The van der Waals surface area contributed by atoms with E-state index in [4.69, 9.17) is 11.6 Å². The average molecular weight is 296 g/mol. The van der Waals surface area contributed by atoms with Crippen molar-refractivity contribution in [1.82, 2.24) is 15.1 Å². The smallest absolute Gasteiger partial charge is 0.225 e. The van der Waals surface area contributed by atoms with Gasteiger partial charge in [-0.15, -0.1) is 0 Å². The van der Waals surface area contributed by atoms with Crippen LogP contribution in [0.5, 0.6) is 0 Å². The van der Waals surface area contributed by atoms with Gasteiger partial charge in [0.2, 0.25) is 5.91 Å². The predicted molar refractivity (Wildman–Crippen MR) is 81.8 cm³/mol. The second-order valence-corrected chi connectivity index (χ2v) is 5.87. The van der Waals surface area contributed by atoms with Crippen LogP contribution in [0.3, 0.4) is 0 Å². The molecule has 110 valence electrons. The SMILES string of the molecule is CNC(=O)C1CN(C)CCN(Cc2cccc(Cl)c2)C1. The van der Waals surface area contributed by atoms with E-state index in [1.807, 2.05) is 18.2 Å². The van der Waals surface area contributed by atoms with Crippen LogP contribution in [0.15, 0.2) is 24.3 Å². The number of hydrogen-bond acceptors (Lipinski definition) is 3. The van der Waals surface area contributed by atoms with E-state index in [2.05, 4.69) is 28.2 Å². The molecule has 1 saturated heterocycles. The molecular formula is C15H22ClN3O. The molecule has 2 rings (SSSR count). The predicted octanol–water partition coefficient (Wildman–Crippen LogP) is 1.45. The average Bonchev–Trinajstić information content (AvgIpc) is 2.60. The normalized spacial score (nSPS) is 21.4. The Bertz CT molecular complexity index is 466. The summed E-state index contributed by atoms with van der Waals surface area (Å²) in [7, 11) is 3.77. The summed E-state index contributed by atoms with van der Waals surface area (Å²) in [6.07, 6.45) is 0. The van der Waals surface area contributed by atoms with Crippen molar-refractivity contribution >= 4 is 17.5 Å². The number of halogens is 1. The van der Waals surface area contributed by atoms with Crippen molar-refractivity contribution in [2.45, 2.75) is 6.54 Å². The molecule has 20 heavy (non-hydrogen) atoms. The number of carbonyl (C=O) groups is 1. The maximum Gasteiger partial charge on any atom is 0.225 e. The highest BCUT2D eigenvalue weighted by atomic mass is 35.5. The van der Waals surface area contributed by atoms with Gasteiger partial charge in [-0.1, -0.05) is 23.7 Å². The van der Waals surface area contributed by atoms with E-state index in [9.17, 15) is 4.79 Å². The topological polar surface area (TPSA) is 35.6 Å². The van der Waals surface area contributed by atoms with Gasteiger partial charge in [0, 0.05) is 44.8 Å². The van der Waals surface area contributed by atoms with E-state index in [1.165, 1.54) is 5.56 Å². The molecule has 0 spiro atoms. The van der Waals surface area contributed by atoms with Crippen molar-refractivity contribution in [2.75, 3.05) is 40.3 Å². The van der Waals surface area contributed by atoms with Gasteiger partial charge in [0.1, 0.15) is 0 Å². The minimum atomic E-state index is 0.0201. The maximum atomic E-state index is 11.9. The third kappa shape index (κ3) is 4.20. The van der Waals surface area contributed by atoms with Crippen molar-refractivity contribution in [2.24, 2.45) is 5.92 Å². The molecule has 4 nitrogen and oxygen atoms in total. The second-order valence-electron chi connectivity index (χ2n) is 5.44. The lowest BCUT2D eigenvalue weighted by Gasteiger charge is -2.23. The van der Waals surface area contributed by atoms with Crippen LogP contribution in [-0.2, 0) is 11.3 Å². The molecule has 1 aromatic rings. The van der Waals surface area contributed by atoms with E-state index in [-0.39, 0.29) is 11.8 Å². The van der Waals surface area contributed by atoms with E-state index in [1.54, 1.807) is 7.05 Å². The lowest BCUT2D eigenvalue weighted by molar-refractivity contribution is -0.125. The third-order valence-corrected chi connectivity index (χ3v) is 3.96. The standard InChI is InChI=1S/C15H22ClN3O/c1-17-15(20)13-10-18(2)6-7-19(11-13)9-12-4-3-5-14(16)8-12/h3-5,8,13H,6-7,9-11H2,1-2H3,(H,17,20). The number of nitrogens with zero attached hydrogens (tertiary/aromatic N) is 2. The summed E-state index contributed by atoms with van der Waals surface area (Å²) in [4.78, 5) is 16.5. The van der Waals surface area contributed by atoms with E-state index in [0.717, 1.165) is 37.7 Å². The van der Waals surface area contributed by atoms with Crippen molar-refractivity contribution in [1.29, 1.82) is 0 Å². The van der Waals surface area contributed by atoms with Crippen molar-refractivity contribution in [3.63, 3.8) is 0 Å². The fourth-order valence-corrected chi connectivity index (χ4v) is 2.86. The van der Waals surface area contributed by atoms with Crippen LogP contribution >= 0.6 is 11.6 Å².